The maximum absolute atomic E-state index is 12.1. The van der Waals surface area contributed by atoms with Crippen molar-refractivity contribution in [3.63, 3.8) is 0 Å². The number of ether oxygens (including phenoxy) is 6. The highest BCUT2D eigenvalue weighted by molar-refractivity contribution is 5.72. The number of amides is 2. The van der Waals surface area contributed by atoms with Gasteiger partial charge in [-0.2, -0.15) is 0 Å². The highest BCUT2D eigenvalue weighted by atomic mass is 16.7. The Morgan fingerprint density at radius 1 is 0.636 bits per heavy atom. The van der Waals surface area contributed by atoms with Crippen molar-refractivity contribution < 1.29 is 47.6 Å². The van der Waals surface area contributed by atoms with Gasteiger partial charge in [0.1, 0.15) is 0 Å². The van der Waals surface area contributed by atoms with Gasteiger partial charge in [0.2, 0.25) is 5.91 Å². The quantitative estimate of drug-likeness (QED) is 0.0782. The van der Waals surface area contributed by atoms with E-state index in [2.05, 4.69) is 17.6 Å². The smallest absolute Gasteiger partial charge is 0.450 e. The zero-order chi connectivity index (χ0) is 32.4. The summed E-state index contributed by atoms with van der Waals surface area (Å²) in [6.45, 7) is 9.08. The van der Waals surface area contributed by atoms with Gasteiger partial charge in [-0.15, -0.1) is 0 Å². The number of unbranched alkanes of at least 4 members (excludes halogenated alkanes) is 3. The van der Waals surface area contributed by atoms with Crippen molar-refractivity contribution in [2.75, 3.05) is 59.8 Å². The van der Waals surface area contributed by atoms with E-state index in [1.165, 1.54) is 6.92 Å². The monoisotopic (exact) mass is 630 g/mol. The summed E-state index contributed by atoms with van der Waals surface area (Å²) >= 11 is 0. The molecule has 12 nitrogen and oxygen atoms in total. The van der Waals surface area contributed by atoms with Gasteiger partial charge in [0, 0.05) is 33.7 Å². The van der Waals surface area contributed by atoms with Crippen LogP contribution in [0.1, 0.15) is 97.8 Å². The van der Waals surface area contributed by atoms with Crippen LogP contribution in [0.4, 0.5) is 14.4 Å². The van der Waals surface area contributed by atoms with E-state index in [1.54, 1.807) is 7.11 Å². The third kappa shape index (κ3) is 22.7. The molecule has 0 spiro atoms. The molecule has 0 heterocycles. The van der Waals surface area contributed by atoms with E-state index in [1.807, 2.05) is 6.92 Å². The predicted molar refractivity (Wildman–Crippen MR) is 165 cm³/mol. The number of nitrogens with one attached hydrogen (secondary N) is 2. The largest absolute Gasteiger partial charge is 0.508 e. The second-order valence-electron chi connectivity index (χ2n) is 12.0. The Labute approximate surface area is 263 Å². The fourth-order valence-electron chi connectivity index (χ4n) is 4.94. The number of methoxy groups -OCH3 is 1. The first-order valence-corrected chi connectivity index (χ1v) is 16.4. The first kappa shape index (κ1) is 39.3. The second-order valence-corrected chi connectivity index (χ2v) is 12.0. The van der Waals surface area contributed by atoms with E-state index >= 15 is 0 Å². The molecule has 0 aromatic carbocycles. The summed E-state index contributed by atoms with van der Waals surface area (Å²) in [6, 6.07) is 0. The van der Waals surface area contributed by atoms with Crippen molar-refractivity contribution in [2.24, 2.45) is 23.7 Å². The molecule has 0 aromatic rings. The SMILES string of the molecule is COCCC(C)CCOC(=O)OCCCCCCOC(=O)OCCC(C)CCOC(=O)NCC1CCCC(CNC(C)=O)C1. The number of alkyl carbamates (subject to hydrolysis) is 1. The molecule has 1 saturated carbocycles. The Morgan fingerprint density at radius 3 is 1.59 bits per heavy atom. The van der Waals surface area contributed by atoms with Crippen LogP contribution in [0.2, 0.25) is 0 Å². The first-order valence-electron chi connectivity index (χ1n) is 16.4. The Bertz CT molecular complexity index is 797. The standard InChI is InChI=1S/C32H58N2O10/c1-25(12-18-39-4)14-20-43-31(37)41-16-7-5-6-8-17-42-32(38)44-21-15-26(2)13-19-40-30(36)34-24-29-11-9-10-28(22-29)23-33-27(3)35/h25-26,28-29H,5-24H2,1-4H3,(H,33,35)(H,34,36). The van der Waals surface area contributed by atoms with Crippen LogP contribution in [-0.2, 0) is 33.2 Å². The molecule has 0 saturated heterocycles. The summed E-state index contributed by atoms with van der Waals surface area (Å²) in [5.74, 6) is 1.50. The Balaban J connectivity index is 1.93. The van der Waals surface area contributed by atoms with Crippen molar-refractivity contribution in [3.05, 3.63) is 0 Å². The molecular weight excluding hydrogens is 572 g/mol. The van der Waals surface area contributed by atoms with Gasteiger partial charge in [0.05, 0.1) is 33.0 Å². The molecule has 0 bridgehead atoms. The van der Waals surface area contributed by atoms with Crippen molar-refractivity contribution in [1.29, 1.82) is 0 Å². The maximum Gasteiger partial charge on any atom is 0.508 e. The minimum atomic E-state index is -0.683. The molecule has 44 heavy (non-hydrogen) atoms. The Hall–Kier alpha value is -2.76. The second kappa shape index (κ2) is 25.6. The maximum atomic E-state index is 12.1. The molecule has 4 atom stereocenters. The molecule has 256 valence electrons. The molecule has 1 aliphatic carbocycles. The van der Waals surface area contributed by atoms with Crippen LogP contribution < -0.4 is 10.6 Å². The predicted octanol–water partition coefficient (Wildman–Crippen LogP) is 6.00. The summed E-state index contributed by atoms with van der Waals surface area (Å²) < 4.78 is 30.7. The summed E-state index contributed by atoms with van der Waals surface area (Å²) in [5.41, 5.74) is 0. The van der Waals surface area contributed by atoms with E-state index in [0.29, 0.717) is 76.5 Å². The minimum absolute atomic E-state index is 0.00629. The van der Waals surface area contributed by atoms with Gasteiger partial charge in [-0.05, 0) is 94.3 Å². The first-order chi connectivity index (χ1) is 21.2. The van der Waals surface area contributed by atoms with Crippen molar-refractivity contribution in [2.45, 2.75) is 97.8 Å². The molecule has 0 radical (unpaired) electrons. The molecule has 12 heteroatoms. The molecule has 4 unspecified atom stereocenters. The third-order valence-corrected chi connectivity index (χ3v) is 7.86. The lowest BCUT2D eigenvalue weighted by Crippen LogP contribution is -2.35. The van der Waals surface area contributed by atoms with Gasteiger partial charge >= 0.3 is 18.4 Å². The molecule has 0 aliphatic heterocycles. The summed E-state index contributed by atoms with van der Waals surface area (Å²) in [4.78, 5) is 46.6. The van der Waals surface area contributed by atoms with Gasteiger partial charge in [0.15, 0.2) is 0 Å². The molecular formula is C32H58N2O10. The number of rotatable bonds is 23. The fourth-order valence-corrected chi connectivity index (χ4v) is 4.94. The molecule has 1 rings (SSSR count). The van der Waals surface area contributed by atoms with Crippen LogP contribution in [0.5, 0.6) is 0 Å². The lowest BCUT2D eigenvalue weighted by Gasteiger charge is -2.29. The zero-order valence-electron chi connectivity index (χ0n) is 27.5. The van der Waals surface area contributed by atoms with E-state index < -0.39 is 18.4 Å². The third-order valence-electron chi connectivity index (χ3n) is 7.86. The summed E-state index contributed by atoms with van der Waals surface area (Å²) in [7, 11) is 1.67. The highest BCUT2D eigenvalue weighted by Gasteiger charge is 2.22. The number of hydrogen-bond acceptors (Lipinski definition) is 10. The van der Waals surface area contributed by atoms with E-state index in [9.17, 15) is 19.2 Å². The highest BCUT2D eigenvalue weighted by Crippen LogP contribution is 2.28. The average Bonchev–Trinajstić information content (AvgIpc) is 2.99. The Kier molecular flexibility index (Phi) is 22.8. The average molecular weight is 631 g/mol. The van der Waals surface area contributed by atoms with Crippen LogP contribution in [0.15, 0.2) is 0 Å². The minimum Gasteiger partial charge on any atom is -0.450 e. The van der Waals surface area contributed by atoms with Gasteiger partial charge in [-0.3, -0.25) is 4.79 Å². The number of carbonyl (C=O) groups excluding carboxylic acids is 4. The summed E-state index contributed by atoms with van der Waals surface area (Å²) in [5, 5.41) is 5.75. The molecule has 0 aromatic heterocycles. The van der Waals surface area contributed by atoms with Gasteiger partial charge in [0.25, 0.3) is 0 Å². The summed E-state index contributed by atoms with van der Waals surface area (Å²) in [6.07, 6.45) is 8.67. The molecule has 2 amide bonds. The topological polar surface area (TPSA) is 148 Å². The number of hydrogen-bond donors (Lipinski definition) is 2. The van der Waals surface area contributed by atoms with Crippen LogP contribution in [0.25, 0.3) is 0 Å². The van der Waals surface area contributed by atoms with E-state index in [-0.39, 0.29) is 25.0 Å². The zero-order valence-corrected chi connectivity index (χ0v) is 27.5. The molecule has 1 fully saturated rings. The van der Waals surface area contributed by atoms with Crippen molar-refractivity contribution in [3.8, 4) is 0 Å². The lowest BCUT2D eigenvalue weighted by molar-refractivity contribution is -0.119. The Morgan fingerprint density at radius 2 is 1.09 bits per heavy atom. The fraction of sp³-hybridized carbons (Fsp3) is 0.875. The van der Waals surface area contributed by atoms with Crippen LogP contribution in [-0.4, -0.2) is 84.2 Å². The van der Waals surface area contributed by atoms with Crippen LogP contribution in [0, 0.1) is 23.7 Å². The normalized spacial score (nSPS) is 17.5. The van der Waals surface area contributed by atoms with Crippen molar-refractivity contribution in [1.82, 2.24) is 10.6 Å². The van der Waals surface area contributed by atoms with Crippen LogP contribution >= 0.6 is 0 Å². The molecule has 2 N–H and O–H groups in total. The van der Waals surface area contributed by atoms with Gasteiger partial charge in [-0.1, -0.05) is 20.3 Å². The van der Waals surface area contributed by atoms with Gasteiger partial charge < -0.3 is 39.1 Å². The van der Waals surface area contributed by atoms with Crippen LogP contribution in [0.3, 0.4) is 0 Å². The number of carbonyl (C=O) groups is 4. The van der Waals surface area contributed by atoms with Gasteiger partial charge in [-0.25, -0.2) is 14.4 Å². The lowest BCUT2D eigenvalue weighted by atomic mass is 9.81. The van der Waals surface area contributed by atoms with E-state index in [4.69, 9.17) is 28.4 Å². The van der Waals surface area contributed by atoms with Crippen molar-refractivity contribution >= 4 is 24.3 Å². The van der Waals surface area contributed by atoms with E-state index in [0.717, 1.165) is 57.8 Å². The molecule has 1 aliphatic rings.